The van der Waals surface area contributed by atoms with Gasteiger partial charge >= 0.3 is 0 Å². The highest BCUT2D eigenvalue weighted by molar-refractivity contribution is 6.32. The predicted molar refractivity (Wildman–Crippen MR) is 120 cm³/mol. The van der Waals surface area contributed by atoms with Crippen molar-refractivity contribution in [3.05, 3.63) is 50.8 Å². The van der Waals surface area contributed by atoms with Crippen LogP contribution in [0.15, 0.2) is 29.2 Å². The Morgan fingerprint density at radius 2 is 1.97 bits per heavy atom. The van der Waals surface area contributed by atoms with Gasteiger partial charge in [0.2, 0.25) is 0 Å². The first-order chi connectivity index (χ1) is 14.1. The van der Waals surface area contributed by atoms with E-state index in [1.807, 2.05) is 12.1 Å². The summed E-state index contributed by atoms with van der Waals surface area (Å²) in [4.78, 5) is 24.7. The van der Waals surface area contributed by atoms with Gasteiger partial charge in [0.25, 0.3) is 0 Å². The molecule has 0 aliphatic carbocycles. The Bertz CT molecular complexity index is 1000. The van der Waals surface area contributed by atoms with E-state index in [4.69, 9.17) is 21.1 Å². The summed E-state index contributed by atoms with van der Waals surface area (Å²) in [6.45, 7) is 9.13. The molecule has 1 aliphatic rings. The van der Waals surface area contributed by atoms with Gasteiger partial charge in [-0.1, -0.05) is 32.4 Å². The summed E-state index contributed by atoms with van der Waals surface area (Å²) in [6.07, 6.45) is 4.22. The highest BCUT2D eigenvalue weighted by Gasteiger charge is 2.31. The molecule has 0 bridgehead atoms. The summed E-state index contributed by atoms with van der Waals surface area (Å²) in [7, 11) is 1.66. The van der Waals surface area contributed by atoms with Crippen LogP contribution >= 0.6 is 11.6 Å². The first-order valence-corrected chi connectivity index (χ1v) is 10.7. The first-order valence-electron chi connectivity index (χ1n) is 10.3. The fraction of sp³-hybridized carbons (Fsp3) is 0.500. The second-order valence-corrected chi connectivity index (χ2v) is 9.36. The van der Waals surface area contributed by atoms with Crippen molar-refractivity contribution in [2.45, 2.75) is 53.0 Å². The van der Waals surface area contributed by atoms with Crippen LogP contribution in [-0.4, -0.2) is 30.7 Å². The number of benzene rings is 1. The number of rotatable bonds is 6. The van der Waals surface area contributed by atoms with E-state index in [9.17, 15) is 9.59 Å². The maximum atomic E-state index is 12.7. The van der Waals surface area contributed by atoms with Crippen molar-refractivity contribution >= 4 is 17.4 Å². The molecule has 0 spiro atoms. The molecule has 1 atom stereocenters. The minimum Gasteiger partial charge on any atom is -0.492 e. The number of ether oxygens (including phenoxy) is 2. The Morgan fingerprint density at radius 1 is 1.23 bits per heavy atom. The molecule has 2 aromatic rings. The normalized spacial score (nSPS) is 15.9. The third-order valence-corrected chi connectivity index (χ3v) is 5.96. The zero-order valence-electron chi connectivity index (χ0n) is 18.4. The largest absolute Gasteiger partial charge is 0.492 e. The second-order valence-electron chi connectivity index (χ2n) is 8.96. The fourth-order valence-corrected chi connectivity index (χ4v) is 4.32. The van der Waals surface area contributed by atoms with Crippen LogP contribution in [0.25, 0.3) is 11.3 Å². The van der Waals surface area contributed by atoms with Gasteiger partial charge < -0.3 is 14.0 Å². The number of nitrogens with zero attached hydrogens (tertiary/aromatic N) is 1. The fourth-order valence-electron chi connectivity index (χ4n) is 4.11. The summed E-state index contributed by atoms with van der Waals surface area (Å²) in [6, 6.07) is 5.58. The number of halogens is 1. The molecule has 0 radical (unpaired) electrons. The number of methoxy groups -OCH3 is 1. The SMILES string of the molecule is COCCCOc1cc2c(cc1Cl)-c1cc(=O)c(C(C)=O)cn1C(C(C)(C)C)CC2. The summed E-state index contributed by atoms with van der Waals surface area (Å²) in [5, 5.41) is 0.509. The van der Waals surface area contributed by atoms with Gasteiger partial charge in [0, 0.05) is 44.0 Å². The monoisotopic (exact) mass is 431 g/mol. The van der Waals surface area contributed by atoms with E-state index in [0.717, 1.165) is 36.1 Å². The number of hydrogen-bond donors (Lipinski definition) is 0. The van der Waals surface area contributed by atoms with Crippen molar-refractivity contribution in [2.24, 2.45) is 5.41 Å². The molecular weight excluding hydrogens is 402 g/mol. The van der Waals surface area contributed by atoms with E-state index < -0.39 is 0 Å². The lowest BCUT2D eigenvalue weighted by Crippen LogP contribution is -2.27. The van der Waals surface area contributed by atoms with Crippen LogP contribution in [0.4, 0.5) is 0 Å². The Hall–Kier alpha value is -2.11. The number of fused-ring (bicyclic) bond motifs is 3. The molecule has 1 unspecified atom stereocenters. The van der Waals surface area contributed by atoms with Crippen LogP contribution < -0.4 is 10.2 Å². The number of carbonyl (C=O) groups is 1. The number of Topliss-reactive ketones (excluding diaryl/α,β-unsaturated/α-hetero) is 1. The summed E-state index contributed by atoms with van der Waals surface area (Å²) < 4.78 is 13.0. The first kappa shape index (κ1) is 22.6. The second kappa shape index (κ2) is 8.94. The predicted octanol–water partition coefficient (Wildman–Crippen LogP) is 5.32. The molecule has 0 fully saturated rings. The molecule has 1 aliphatic heterocycles. The molecule has 162 valence electrons. The van der Waals surface area contributed by atoms with E-state index in [1.54, 1.807) is 19.4 Å². The topological polar surface area (TPSA) is 57.5 Å². The molecule has 6 heteroatoms. The number of aryl methyl sites for hydroxylation is 1. The standard InChI is InChI=1S/C24H30ClNO4/c1-15(27)18-14-26-20(13-21(18)28)17-12-19(25)22(30-10-6-9-29-5)11-16(17)7-8-23(26)24(2,3)4/h11-14,23H,6-10H2,1-5H3. The Labute approximate surface area is 183 Å². The van der Waals surface area contributed by atoms with Crippen molar-refractivity contribution in [3.63, 3.8) is 0 Å². The summed E-state index contributed by atoms with van der Waals surface area (Å²) in [5.41, 5.74) is 2.72. The minimum atomic E-state index is -0.259. The molecule has 0 saturated heterocycles. The van der Waals surface area contributed by atoms with E-state index >= 15 is 0 Å². The Morgan fingerprint density at radius 3 is 2.60 bits per heavy atom. The van der Waals surface area contributed by atoms with Crippen molar-refractivity contribution in [3.8, 4) is 17.0 Å². The van der Waals surface area contributed by atoms with Crippen LogP contribution in [-0.2, 0) is 11.2 Å². The summed E-state index contributed by atoms with van der Waals surface area (Å²) in [5.74, 6) is 0.431. The van der Waals surface area contributed by atoms with Crippen LogP contribution in [0.3, 0.4) is 0 Å². The number of ketones is 1. The highest BCUT2D eigenvalue weighted by Crippen LogP contribution is 2.43. The molecule has 2 heterocycles. The average Bonchev–Trinajstić information content (AvgIpc) is 2.81. The van der Waals surface area contributed by atoms with Gasteiger partial charge in [-0.3, -0.25) is 9.59 Å². The number of hydrogen-bond acceptors (Lipinski definition) is 4. The molecule has 5 nitrogen and oxygen atoms in total. The maximum Gasteiger partial charge on any atom is 0.192 e. The molecule has 0 N–H and O–H groups in total. The van der Waals surface area contributed by atoms with Crippen molar-refractivity contribution in [1.29, 1.82) is 0 Å². The zero-order chi connectivity index (χ0) is 22.1. The molecule has 1 aromatic heterocycles. The Balaban J connectivity index is 2.13. The third-order valence-electron chi connectivity index (χ3n) is 5.67. The molecule has 0 amide bonds. The van der Waals surface area contributed by atoms with E-state index in [0.29, 0.717) is 24.0 Å². The van der Waals surface area contributed by atoms with E-state index in [-0.39, 0.29) is 28.2 Å². The van der Waals surface area contributed by atoms with Gasteiger partial charge in [-0.15, -0.1) is 0 Å². The summed E-state index contributed by atoms with van der Waals surface area (Å²) >= 11 is 6.54. The van der Waals surface area contributed by atoms with Crippen LogP contribution in [0, 0.1) is 5.41 Å². The van der Waals surface area contributed by atoms with E-state index in [2.05, 4.69) is 25.3 Å². The Kier molecular flexibility index (Phi) is 6.73. The molecule has 3 rings (SSSR count). The van der Waals surface area contributed by atoms with Crippen LogP contribution in [0.2, 0.25) is 5.02 Å². The van der Waals surface area contributed by atoms with Gasteiger partial charge in [0.1, 0.15) is 5.75 Å². The lowest BCUT2D eigenvalue weighted by molar-refractivity contribution is 0.101. The molecular formula is C24H30ClNO4. The maximum absolute atomic E-state index is 12.7. The van der Waals surface area contributed by atoms with Crippen LogP contribution in [0.1, 0.15) is 62.5 Å². The van der Waals surface area contributed by atoms with Crippen molar-refractivity contribution in [1.82, 2.24) is 4.57 Å². The lowest BCUT2D eigenvalue weighted by atomic mass is 9.83. The van der Waals surface area contributed by atoms with Gasteiger partial charge in [0.15, 0.2) is 11.2 Å². The lowest BCUT2D eigenvalue weighted by Gasteiger charge is -2.33. The van der Waals surface area contributed by atoms with Crippen molar-refractivity contribution in [2.75, 3.05) is 20.3 Å². The quantitative estimate of drug-likeness (QED) is 0.458. The van der Waals surface area contributed by atoms with Gasteiger partial charge in [-0.05, 0) is 42.9 Å². The zero-order valence-corrected chi connectivity index (χ0v) is 19.1. The number of aromatic nitrogens is 1. The third kappa shape index (κ3) is 4.62. The molecule has 1 aromatic carbocycles. The molecule has 0 saturated carbocycles. The van der Waals surface area contributed by atoms with E-state index in [1.165, 1.54) is 6.92 Å². The molecule has 30 heavy (non-hydrogen) atoms. The van der Waals surface area contributed by atoms with Gasteiger partial charge in [-0.2, -0.15) is 0 Å². The average molecular weight is 432 g/mol. The minimum absolute atomic E-state index is 0.0524. The smallest absolute Gasteiger partial charge is 0.192 e. The van der Waals surface area contributed by atoms with Crippen molar-refractivity contribution < 1.29 is 14.3 Å². The van der Waals surface area contributed by atoms with Crippen LogP contribution in [0.5, 0.6) is 5.75 Å². The van der Waals surface area contributed by atoms with Gasteiger partial charge in [0.05, 0.1) is 22.9 Å². The van der Waals surface area contributed by atoms with Gasteiger partial charge in [-0.25, -0.2) is 0 Å². The number of carbonyl (C=O) groups excluding carboxylic acids is 1. The number of pyridine rings is 1. The highest BCUT2D eigenvalue weighted by atomic mass is 35.5.